The zero-order valence-electron chi connectivity index (χ0n) is 19.0. The summed E-state index contributed by atoms with van der Waals surface area (Å²) in [6, 6.07) is 3.85. The molecule has 0 bridgehead atoms. The van der Waals surface area contributed by atoms with Crippen LogP contribution in [0, 0.1) is 11.6 Å². The molecule has 2 aromatic heterocycles. The lowest BCUT2D eigenvalue weighted by Gasteiger charge is -2.19. The van der Waals surface area contributed by atoms with E-state index < -0.39 is 40.7 Å². The average molecular weight is 492 g/mol. The van der Waals surface area contributed by atoms with Crippen molar-refractivity contribution in [2.45, 2.75) is 32.6 Å². The lowest BCUT2D eigenvalue weighted by Crippen LogP contribution is -2.22. The third kappa shape index (κ3) is 4.62. The van der Waals surface area contributed by atoms with E-state index in [0.717, 1.165) is 19.2 Å². The molecule has 1 amide bonds. The molecule has 6 nitrogen and oxygen atoms in total. The van der Waals surface area contributed by atoms with Crippen LogP contribution in [0.4, 0.5) is 27.8 Å². The largest absolute Gasteiger partial charge is 0.481 e. The number of pyridine rings is 2. The first-order chi connectivity index (χ1) is 16.5. The van der Waals surface area contributed by atoms with Gasteiger partial charge in [0.15, 0.2) is 0 Å². The van der Waals surface area contributed by atoms with E-state index in [1.54, 1.807) is 17.9 Å². The van der Waals surface area contributed by atoms with Crippen molar-refractivity contribution in [2.75, 3.05) is 19.0 Å². The molecular formula is C24H21F5N4O2. The first kappa shape index (κ1) is 24.4. The molecule has 0 saturated heterocycles. The molecule has 1 aromatic carbocycles. The van der Waals surface area contributed by atoms with Crippen molar-refractivity contribution in [2.24, 2.45) is 0 Å². The highest BCUT2D eigenvalue weighted by Crippen LogP contribution is 2.36. The van der Waals surface area contributed by atoms with Crippen molar-refractivity contribution in [3.8, 4) is 17.1 Å². The van der Waals surface area contributed by atoms with Gasteiger partial charge in [-0.15, -0.1) is 0 Å². The maximum Gasteiger partial charge on any atom is 0.416 e. The van der Waals surface area contributed by atoms with Gasteiger partial charge < -0.3 is 15.0 Å². The minimum absolute atomic E-state index is 0.0683. The fraction of sp³-hybridized carbons (Fsp3) is 0.292. The second-order valence-corrected chi connectivity index (χ2v) is 8.01. The van der Waals surface area contributed by atoms with Gasteiger partial charge in [-0.05, 0) is 38.1 Å². The molecule has 0 aliphatic carbocycles. The van der Waals surface area contributed by atoms with Crippen molar-refractivity contribution in [3.05, 3.63) is 70.4 Å². The van der Waals surface area contributed by atoms with E-state index in [1.807, 2.05) is 6.92 Å². The number of ether oxygens (including phenoxy) is 1. The molecule has 1 aliphatic rings. The maximum atomic E-state index is 15.1. The molecule has 35 heavy (non-hydrogen) atoms. The van der Waals surface area contributed by atoms with Crippen LogP contribution in [0.25, 0.3) is 11.3 Å². The predicted molar refractivity (Wildman–Crippen MR) is 118 cm³/mol. The summed E-state index contributed by atoms with van der Waals surface area (Å²) >= 11 is 0. The smallest absolute Gasteiger partial charge is 0.416 e. The number of fused-ring (bicyclic) bond motifs is 1. The third-order valence-corrected chi connectivity index (χ3v) is 5.82. The summed E-state index contributed by atoms with van der Waals surface area (Å²) in [5.74, 6) is -1.95. The zero-order valence-corrected chi connectivity index (χ0v) is 19.0. The number of methoxy groups -OCH3 is 1. The zero-order chi connectivity index (χ0) is 25.5. The van der Waals surface area contributed by atoms with Crippen LogP contribution in [-0.4, -0.2) is 34.4 Å². The molecule has 3 heterocycles. The molecule has 4 rings (SSSR count). The maximum absolute atomic E-state index is 15.1. The average Bonchev–Trinajstić information content (AvgIpc) is 3.16. The molecule has 11 heteroatoms. The molecule has 0 spiro atoms. The number of hydrogen-bond acceptors (Lipinski definition) is 5. The summed E-state index contributed by atoms with van der Waals surface area (Å²) in [6.45, 7) is 4.28. The lowest BCUT2D eigenvalue weighted by atomic mass is 10.0. The van der Waals surface area contributed by atoms with Crippen LogP contribution in [0.15, 0.2) is 36.5 Å². The standard InChI is InChI=1S/C24H21F5N4O2/c1-4-33-11-17-14(23(33)34)5-6-30-22(17)31-12(2)15-9-19(26)16(10-18(15)25)20-7-13(24(27,28)29)8-21(32-20)35-3/h5-10,12H,4,11H2,1-3H3,(H,30,31). The molecule has 1 atom stereocenters. The van der Waals surface area contributed by atoms with E-state index in [1.165, 1.54) is 6.20 Å². The van der Waals surface area contributed by atoms with Gasteiger partial charge in [0.2, 0.25) is 5.88 Å². The Labute approximate surface area is 197 Å². The quantitative estimate of drug-likeness (QED) is 0.454. The van der Waals surface area contributed by atoms with Gasteiger partial charge in [0.1, 0.15) is 17.5 Å². The fourth-order valence-electron chi connectivity index (χ4n) is 3.95. The Balaban J connectivity index is 1.67. The summed E-state index contributed by atoms with van der Waals surface area (Å²) in [5.41, 5.74) is -0.877. The minimum Gasteiger partial charge on any atom is -0.481 e. The van der Waals surface area contributed by atoms with Gasteiger partial charge in [0, 0.05) is 41.1 Å². The number of aromatic nitrogens is 2. The first-order valence-electron chi connectivity index (χ1n) is 10.7. The minimum atomic E-state index is -4.73. The topological polar surface area (TPSA) is 67.3 Å². The van der Waals surface area contributed by atoms with Gasteiger partial charge in [-0.3, -0.25) is 4.79 Å². The highest BCUT2D eigenvalue weighted by molar-refractivity contribution is 5.99. The number of amides is 1. The third-order valence-electron chi connectivity index (χ3n) is 5.82. The van der Waals surface area contributed by atoms with Gasteiger partial charge >= 0.3 is 6.18 Å². The Kier molecular flexibility index (Phi) is 6.35. The van der Waals surface area contributed by atoms with Crippen LogP contribution in [-0.2, 0) is 12.7 Å². The molecule has 1 aliphatic heterocycles. The van der Waals surface area contributed by atoms with E-state index in [0.29, 0.717) is 42.2 Å². The van der Waals surface area contributed by atoms with Gasteiger partial charge in [-0.2, -0.15) is 13.2 Å². The van der Waals surface area contributed by atoms with E-state index in [4.69, 9.17) is 4.74 Å². The fourth-order valence-corrected chi connectivity index (χ4v) is 3.95. The van der Waals surface area contributed by atoms with Gasteiger partial charge in [0.25, 0.3) is 5.91 Å². The Bertz CT molecular complexity index is 1300. The molecule has 1 unspecified atom stereocenters. The Hall–Kier alpha value is -3.76. The summed E-state index contributed by atoms with van der Waals surface area (Å²) < 4.78 is 74.6. The van der Waals surface area contributed by atoms with Crippen LogP contribution < -0.4 is 10.1 Å². The number of hydrogen-bond donors (Lipinski definition) is 1. The summed E-state index contributed by atoms with van der Waals surface area (Å²) in [6.07, 6.45) is -3.27. The molecule has 0 radical (unpaired) electrons. The number of nitrogens with one attached hydrogen (secondary N) is 1. The Morgan fingerprint density at radius 2 is 1.89 bits per heavy atom. The Morgan fingerprint density at radius 1 is 1.14 bits per heavy atom. The molecule has 184 valence electrons. The normalized spacial score (nSPS) is 14.2. The lowest BCUT2D eigenvalue weighted by molar-refractivity contribution is -0.137. The number of alkyl halides is 3. The summed E-state index contributed by atoms with van der Waals surface area (Å²) in [5, 5.41) is 3.02. The number of carbonyl (C=O) groups excluding carboxylic acids is 1. The van der Waals surface area contributed by atoms with E-state index >= 15 is 8.78 Å². The molecule has 1 N–H and O–H groups in total. The van der Waals surface area contributed by atoms with Crippen molar-refractivity contribution >= 4 is 11.7 Å². The molecule has 3 aromatic rings. The molecule has 0 fully saturated rings. The number of rotatable bonds is 6. The predicted octanol–water partition coefficient (Wildman–Crippen LogP) is 5.60. The number of carbonyl (C=O) groups is 1. The van der Waals surface area contributed by atoms with Crippen molar-refractivity contribution in [1.82, 2.24) is 14.9 Å². The Morgan fingerprint density at radius 3 is 2.54 bits per heavy atom. The van der Waals surface area contributed by atoms with Crippen LogP contribution >= 0.6 is 0 Å². The summed E-state index contributed by atoms with van der Waals surface area (Å²) in [4.78, 5) is 22.1. The molecule has 0 saturated carbocycles. The monoisotopic (exact) mass is 492 g/mol. The van der Waals surface area contributed by atoms with E-state index in [2.05, 4.69) is 15.3 Å². The number of anilines is 1. The number of halogens is 5. The van der Waals surface area contributed by atoms with Crippen molar-refractivity contribution in [1.29, 1.82) is 0 Å². The van der Waals surface area contributed by atoms with Gasteiger partial charge in [-0.1, -0.05) is 0 Å². The second kappa shape index (κ2) is 9.12. The number of nitrogens with zero attached hydrogens (tertiary/aromatic N) is 3. The van der Waals surface area contributed by atoms with Gasteiger partial charge in [-0.25, -0.2) is 18.7 Å². The van der Waals surface area contributed by atoms with Crippen molar-refractivity contribution < 1.29 is 31.5 Å². The van der Waals surface area contributed by atoms with Crippen LogP contribution in [0.1, 0.15) is 46.9 Å². The SMILES string of the molecule is CCN1Cc2c(ccnc2NC(C)c2cc(F)c(-c3cc(C(F)(F)F)cc(OC)n3)cc2F)C1=O. The van der Waals surface area contributed by atoms with Crippen LogP contribution in [0.3, 0.4) is 0 Å². The van der Waals surface area contributed by atoms with Crippen LogP contribution in [0.5, 0.6) is 5.88 Å². The number of benzene rings is 1. The highest BCUT2D eigenvalue weighted by Gasteiger charge is 2.33. The van der Waals surface area contributed by atoms with Gasteiger partial charge in [0.05, 0.1) is 31.0 Å². The second-order valence-electron chi connectivity index (χ2n) is 8.01. The summed E-state index contributed by atoms with van der Waals surface area (Å²) in [7, 11) is 1.13. The first-order valence-corrected chi connectivity index (χ1v) is 10.7. The van der Waals surface area contributed by atoms with E-state index in [-0.39, 0.29) is 17.4 Å². The van der Waals surface area contributed by atoms with Crippen LogP contribution in [0.2, 0.25) is 0 Å². The highest BCUT2D eigenvalue weighted by atomic mass is 19.4. The van der Waals surface area contributed by atoms with Crippen molar-refractivity contribution in [3.63, 3.8) is 0 Å². The van der Waals surface area contributed by atoms with E-state index in [9.17, 15) is 18.0 Å². The molecular weight excluding hydrogens is 471 g/mol.